The Kier molecular flexibility index (Phi) is 15.1. The summed E-state index contributed by atoms with van der Waals surface area (Å²) in [5, 5.41) is 60.1. The zero-order valence-electron chi connectivity index (χ0n) is 22.8. The molecule has 0 aromatic rings. The average Bonchev–Trinajstić information content (AvgIpc) is 3.60. The second-order valence-corrected chi connectivity index (χ2v) is 11.3. The van der Waals surface area contributed by atoms with E-state index >= 15 is 0 Å². The first-order chi connectivity index (χ1) is 17.7. The number of hydrogen-bond acceptors (Lipinski definition) is 9. The van der Waals surface area contributed by atoms with Crippen LogP contribution in [-0.2, 0) is 14.3 Å². The molecule has 1 saturated carbocycles. The van der Waals surface area contributed by atoms with E-state index in [0.29, 0.717) is 12.8 Å². The number of ether oxygens (including phenoxy) is 2. The predicted octanol–water partition coefficient (Wildman–Crippen LogP) is 2.07. The van der Waals surface area contributed by atoms with Crippen LogP contribution in [0.4, 0.5) is 0 Å². The van der Waals surface area contributed by atoms with Crippen molar-refractivity contribution in [3.8, 4) is 0 Å². The molecule has 1 saturated heterocycles. The number of carbonyl (C=O) groups excluding carboxylic acids is 1. The highest BCUT2D eigenvalue weighted by Crippen LogP contribution is 2.41. The van der Waals surface area contributed by atoms with Crippen LogP contribution in [0.15, 0.2) is 0 Å². The summed E-state index contributed by atoms with van der Waals surface area (Å²) in [4.78, 5) is 12.6. The topological polar surface area (TPSA) is 157 Å². The fourth-order valence-electron chi connectivity index (χ4n) is 5.24. The number of unbranched alkanes of at least 4 members (excludes halogenated alkanes) is 7. The largest absolute Gasteiger partial charge is 0.394 e. The molecular weight excluding hydrogens is 480 g/mol. The van der Waals surface area contributed by atoms with Crippen molar-refractivity contribution >= 4 is 5.78 Å². The van der Waals surface area contributed by atoms with Crippen molar-refractivity contribution in [2.24, 2.45) is 17.8 Å². The molecule has 1 heterocycles. The molecule has 1 aliphatic heterocycles. The van der Waals surface area contributed by atoms with Gasteiger partial charge in [-0.15, -0.1) is 0 Å². The van der Waals surface area contributed by atoms with E-state index in [4.69, 9.17) is 9.47 Å². The molecule has 7 unspecified atom stereocenters. The molecule has 0 aromatic heterocycles. The number of aliphatic hydroxyl groups is 6. The molecule has 10 atom stereocenters. The van der Waals surface area contributed by atoms with Crippen LogP contribution in [0, 0.1) is 17.8 Å². The van der Waals surface area contributed by atoms with Crippen LogP contribution in [-0.4, -0.2) is 92.5 Å². The van der Waals surface area contributed by atoms with Gasteiger partial charge in [0.2, 0.25) is 0 Å². The Bertz CT molecular complexity index is 631. The third kappa shape index (κ3) is 11.2. The first-order valence-corrected chi connectivity index (χ1v) is 14.5. The van der Waals surface area contributed by atoms with Gasteiger partial charge in [-0.2, -0.15) is 0 Å². The number of aliphatic hydroxyl groups excluding tert-OH is 6. The van der Waals surface area contributed by atoms with E-state index in [9.17, 15) is 35.4 Å². The lowest BCUT2D eigenvalue weighted by Gasteiger charge is -2.40. The zero-order chi connectivity index (χ0) is 27.4. The van der Waals surface area contributed by atoms with Gasteiger partial charge in [0.15, 0.2) is 6.29 Å². The van der Waals surface area contributed by atoms with Gasteiger partial charge in [0, 0.05) is 18.8 Å². The fourth-order valence-corrected chi connectivity index (χ4v) is 5.24. The highest BCUT2D eigenvalue weighted by molar-refractivity contribution is 5.78. The Balaban J connectivity index is 1.67. The van der Waals surface area contributed by atoms with Gasteiger partial charge in [-0.25, -0.2) is 0 Å². The first-order valence-electron chi connectivity index (χ1n) is 14.5. The summed E-state index contributed by atoms with van der Waals surface area (Å²) in [7, 11) is 0. The SMILES string of the molecule is CC[C@@H](O)[C@@H](O)[C@H](COC1OC(CO)C(O)C(O)C1O)CC(=O)CCCCCCCCCCC1CC1C. The number of Topliss-reactive ketones (excluding diaryl/α,β-unsaturated/α-hetero) is 1. The monoisotopic (exact) mass is 532 g/mol. The molecule has 2 rings (SSSR count). The molecule has 218 valence electrons. The molecule has 1 aliphatic carbocycles. The van der Waals surface area contributed by atoms with Crippen molar-refractivity contribution in [1.82, 2.24) is 0 Å². The predicted molar refractivity (Wildman–Crippen MR) is 139 cm³/mol. The molecule has 0 bridgehead atoms. The Hall–Kier alpha value is -0.650. The summed E-state index contributed by atoms with van der Waals surface area (Å²) in [6, 6.07) is 0. The zero-order valence-corrected chi connectivity index (χ0v) is 22.8. The van der Waals surface area contributed by atoms with Crippen molar-refractivity contribution in [3.63, 3.8) is 0 Å². The highest BCUT2D eigenvalue weighted by atomic mass is 16.7. The Morgan fingerprint density at radius 3 is 2.11 bits per heavy atom. The van der Waals surface area contributed by atoms with Crippen molar-refractivity contribution in [1.29, 1.82) is 0 Å². The van der Waals surface area contributed by atoms with Gasteiger partial charge < -0.3 is 40.1 Å². The molecule has 37 heavy (non-hydrogen) atoms. The van der Waals surface area contributed by atoms with E-state index in [1.807, 2.05) is 0 Å². The van der Waals surface area contributed by atoms with E-state index in [-0.39, 0.29) is 18.8 Å². The van der Waals surface area contributed by atoms with Crippen LogP contribution in [0.3, 0.4) is 0 Å². The number of ketones is 1. The third-order valence-electron chi connectivity index (χ3n) is 8.17. The Morgan fingerprint density at radius 2 is 1.54 bits per heavy atom. The maximum Gasteiger partial charge on any atom is 0.186 e. The molecule has 0 radical (unpaired) electrons. The minimum absolute atomic E-state index is 0.00919. The molecule has 0 spiro atoms. The average molecular weight is 533 g/mol. The molecule has 0 aromatic carbocycles. The molecular formula is C28H52O9. The lowest BCUT2D eigenvalue weighted by Crippen LogP contribution is -2.59. The van der Waals surface area contributed by atoms with Crippen LogP contribution < -0.4 is 0 Å². The van der Waals surface area contributed by atoms with Crippen LogP contribution in [0.5, 0.6) is 0 Å². The second-order valence-electron chi connectivity index (χ2n) is 11.3. The van der Waals surface area contributed by atoms with Crippen LogP contribution in [0.25, 0.3) is 0 Å². The standard InChI is InChI=1S/C28H52O9/c1-3-22(31)24(32)20(17-36-28-27(35)26(34)25(33)23(16-29)37-28)15-21(30)13-11-9-7-5-4-6-8-10-12-19-14-18(19)2/h18-20,22-29,31-35H,3-17H2,1-2H3/t18?,19?,20-,22+,23?,24-,25?,26?,27?,28?/m0/s1. The molecule has 9 nitrogen and oxygen atoms in total. The maximum absolute atomic E-state index is 12.6. The van der Waals surface area contributed by atoms with E-state index in [1.54, 1.807) is 6.92 Å². The minimum Gasteiger partial charge on any atom is -0.394 e. The Labute approximate surface area is 222 Å². The summed E-state index contributed by atoms with van der Waals surface area (Å²) >= 11 is 0. The van der Waals surface area contributed by atoms with Crippen LogP contribution in [0.1, 0.15) is 97.3 Å². The van der Waals surface area contributed by atoms with Gasteiger partial charge >= 0.3 is 0 Å². The van der Waals surface area contributed by atoms with Gasteiger partial charge in [0.25, 0.3) is 0 Å². The van der Waals surface area contributed by atoms with E-state index in [1.165, 1.54) is 44.9 Å². The highest BCUT2D eigenvalue weighted by Gasteiger charge is 2.44. The lowest BCUT2D eigenvalue weighted by atomic mass is 9.90. The summed E-state index contributed by atoms with van der Waals surface area (Å²) in [6.07, 6.45) is 3.42. The van der Waals surface area contributed by atoms with Gasteiger partial charge in [0.05, 0.1) is 25.4 Å². The molecule has 2 fully saturated rings. The summed E-state index contributed by atoms with van der Waals surface area (Å²) in [6.45, 7) is 3.28. The van der Waals surface area contributed by atoms with Gasteiger partial charge in [-0.1, -0.05) is 65.2 Å². The number of carbonyl (C=O) groups is 1. The molecule has 6 N–H and O–H groups in total. The molecule has 0 amide bonds. The van der Waals surface area contributed by atoms with E-state index < -0.39 is 55.4 Å². The maximum atomic E-state index is 12.6. The number of rotatable bonds is 20. The van der Waals surface area contributed by atoms with Crippen LogP contribution >= 0.6 is 0 Å². The third-order valence-corrected chi connectivity index (χ3v) is 8.17. The number of hydrogen-bond donors (Lipinski definition) is 6. The first kappa shape index (κ1) is 32.6. The van der Waals surface area contributed by atoms with Crippen molar-refractivity contribution in [3.05, 3.63) is 0 Å². The summed E-state index contributed by atoms with van der Waals surface area (Å²) < 4.78 is 10.9. The second kappa shape index (κ2) is 17.1. The summed E-state index contributed by atoms with van der Waals surface area (Å²) in [5.41, 5.74) is 0. The minimum atomic E-state index is -1.58. The van der Waals surface area contributed by atoms with Crippen molar-refractivity contribution in [2.45, 2.75) is 140 Å². The Morgan fingerprint density at radius 1 is 0.946 bits per heavy atom. The summed E-state index contributed by atoms with van der Waals surface area (Å²) in [5.74, 6) is 1.18. The molecule has 2 aliphatic rings. The quantitative estimate of drug-likeness (QED) is 0.129. The van der Waals surface area contributed by atoms with Gasteiger partial charge in [0.1, 0.15) is 30.2 Å². The van der Waals surface area contributed by atoms with Crippen LogP contribution in [0.2, 0.25) is 0 Å². The molecule has 9 heteroatoms. The van der Waals surface area contributed by atoms with Crippen molar-refractivity contribution < 1.29 is 44.9 Å². The fraction of sp³-hybridized carbons (Fsp3) is 0.964. The van der Waals surface area contributed by atoms with E-state index in [2.05, 4.69) is 6.92 Å². The smallest absolute Gasteiger partial charge is 0.186 e. The normalized spacial score (nSPS) is 32.2. The van der Waals surface area contributed by atoms with Gasteiger partial charge in [-0.3, -0.25) is 4.79 Å². The van der Waals surface area contributed by atoms with E-state index in [0.717, 1.165) is 31.1 Å². The van der Waals surface area contributed by atoms with Gasteiger partial charge in [-0.05, 0) is 31.1 Å². The lowest BCUT2D eigenvalue weighted by molar-refractivity contribution is -0.304. The van der Waals surface area contributed by atoms with Crippen molar-refractivity contribution in [2.75, 3.05) is 13.2 Å².